The summed E-state index contributed by atoms with van der Waals surface area (Å²) in [6, 6.07) is 3.47. The van der Waals surface area contributed by atoms with E-state index in [1.165, 1.54) is 11.3 Å². The molecule has 0 atom stereocenters. The number of piperazine rings is 1. The molecule has 0 unspecified atom stereocenters. The molecule has 1 aromatic heterocycles. The Morgan fingerprint density at radius 3 is 2.36 bits per heavy atom. The first kappa shape index (κ1) is 16.3. The molecule has 1 fully saturated rings. The van der Waals surface area contributed by atoms with Crippen molar-refractivity contribution in [1.82, 2.24) is 15.1 Å². The summed E-state index contributed by atoms with van der Waals surface area (Å²) in [5.74, 6) is -0.939. The van der Waals surface area contributed by atoms with Crippen LogP contribution in [0.15, 0.2) is 12.1 Å². The topological polar surface area (TPSA) is 90.0 Å². The number of aliphatic carboxylic acids is 1. The number of amides is 3. The summed E-state index contributed by atoms with van der Waals surface area (Å²) in [7, 11) is 0. The van der Waals surface area contributed by atoms with Crippen LogP contribution in [0.25, 0.3) is 0 Å². The molecule has 22 heavy (non-hydrogen) atoms. The average molecular weight is 325 g/mol. The lowest BCUT2D eigenvalue weighted by molar-refractivity contribution is -0.136. The normalized spacial score (nSPS) is 14.8. The van der Waals surface area contributed by atoms with E-state index in [-0.39, 0.29) is 24.9 Å². The highest BCUT2D eigenvalue weighted by atomic mass is 32.1. The van der Waals surface area contributed by atoms with E-state index in [0.29, 0.717) is 26.2 Å². The van der Waals surface area contributed by atoms with Crippen LogP contribution < -0.4 is 5.32 Å². The van der Waals surface area contributed by atoms with Gasteiger partial charge in [0.15, 0.2) is 0 Å². The third-order valence-corrected chi connectivity index (χ3v) is 4.41. The van der Waals surface area contributed by atoms with E-state index in [1.54, 1.807) is 9.80 Å². The number of carbonyl (C=O) groups excluding carboxylic acids is 2. The quantitative estimate of drug-likeness (QED) is 0.864. The molecule has 0 spiro atoms. The van der Waals surface area contributed by atoms with Gasteiger partial charge in [-0.2, -0.15) is 0 Å². The number of hydrogen-bond donors (Lipinski definition) is 2. The van der Waals surface area contributed by atoms with Crippen LogP contribution >= 0.6 is 11.3 Å². The predicted molar refractivity (Wildman–Crippen MR) is 82.2 cm³/mol. The fourth-order valence-electron chi connectivity index (χ4n) is 2.21. The fourth-order valence-corrected chi connectivity index (χ4v) is 3.04. The molecule has 7 nitrogen and oxygen atoms in total. The van der Waals surface area contributed by atoms with Crippen LogP contribution in [0.1, 0.15) is 21.0 Å². The Labute approximate surface area is 132 Å². The van der Waals surface area contributed by atoms with E-state index >= 15 is 0 Å². The van der Waals surface area contributed by atoms with E-state index in [2.05, 4.69) is 5.32 Å². The molecule has 1 aliphatic heterocycles. The van der Waals surface area contributed by atoms with Crippen molar-refractivity contribution in [2.75, 3.05) is 32.7 Å². The Hall–Kier alpha value is -2.09. The molecule has 2 rings (SSSR count). The van der Waals surface area contributed by atoms with E-state index in [4.69, 9.17) is 5.11 Å². The van der Waals surface area contributed by atoms with Gasteiger partial charge < -0.3 is 20.2 Å². The highest BCUT2D eigenvalue weighted by Gasteiger charge is 2.25. The molecule has 8 heteroatoms. The molecule has 0 bridgehead atoms. The van der Waals surface area contributed by atoms with E-state index in [1.807, 2.05) is 19.1 Å². The number of aryl methyl sites for hydroxylation is 1. The maximum absolute atomic E-state index is 12.3. The summed E-state index contributed by atoms with van der Waals surface area (Å²) < 4.78 is 0. The van der Waals surface area contributed by atoms with Gasteiger partial charge in [0, 0.05) is 37.6 Å². The van der Waals surface area contributed by atoms with Crippen molar-refractivity contribution in [2.45, 2.75) is 13.3 Å². The summed E-state index contributed by atoms with van der Waals surface area (Å²) >= 11 is 1.47. The Morgan fingerprint density at radius 2 is 1.82 bits per heavy atom. The first-order valence-electron chi connectivity index (χ1n) is 7.07. The van der Waals surface area contributed by atoms with Crippen molar-refractivity contribution < 1.29 is 19.5 Å². The summed E-state index contributed by atoms with van der Waals surface area (Å²) in [4.78, 5) is 39.7. The first-order valence-corrected chi connectivity index (χ1v) is 7.89. The number of urea groups is 1. The molecule has 120 valence electrons. The van der Waals surface area contributed by atoms with Crippen LogP contribution in [0.4, 0.5) is 4.79 Å². The number of rotatable bonds is 4. The zero-order valence-electron chi connectivity index (χ0n) is 12.4. The third kappa shape index (κ3) is 4.20. The molecule has 0 aromatic carbocycles. The SMILES string of the molecule is Cc1ccc(C(=O)N2CCN(C(=O)NCCC(=O)O)CC2)s1. The van der Waals surface area contributed by atoms with Gasteiger partial charge >= 0.3 is 12.0 Å². The van der Waals surface area contributed by atoms with Gasteiger partial charge in [0.25, 0.3) is 5.91 Å². The van der Waals surface area contributed by atoms with Gasteiger partial charge in [0.2, 0.25) is 0 Å². The van der Waals surface area contributed by atoms with Crippen LogP contribution in [0, 0.1) is 6.92 Å². The van der Waals surface area contributed by atoms with Crippen LogP contribution in [0.2, 0.25) is 0 Å². The standard InChI is InChI=1S/C14H19N3O4S/c1-10-2-3-11(22-10)13(20)16-6-8-17(9-7-16)14(21)15-5-4-12(18)19/h2-3H,4-9H2,1H3,(H,15,21)(H,18,19). The monoisotopic (exact) mass is 325 g/mol. The lowest BCUT2D eigenvalue weighted by Gasteiger charge is -2.34. The van der Waals surface area contributed by atoms with Crippen molar-refractivity contribution >= 4 is 29.2 Å². The minimum Gasteiger partial charge on any atom is -0.481 e. The zero-order chi connectivity index (χ0) is 16.1. The van der Waals surface area contributed by atoms with Crippen molar-refractivity contribution in [3.05, 3.63) is 21.9 Å². The Bertz CT molecular complexity index is 564. The van der Waals surface area contributed by atoms with Gasteiger partial charge in [-0.3, -0.25) is 9.59 Å². The first-order chi connectivity index (χ1) is 10.5. The van der Waals surface area contributed by atoms with Crippen LogP contribution in [-0.4, -0.2) is 65.5 Å². The molecular formula is C14H19N3O4S. The molecule has 0 aliphatic carbocycles. The van der Waals surface area contributed by atoms with Crippen molar-refractivity contribution in [3.8, 4) is 0 Å². The second-order valence-electron chi connectivity index (χ2n) is 5.07. The van der Waals surface area contributed by atoms with Crippen molar-refractivity contribution in [1.29, 1.82) is 0 Å². The highest BCUT2D eigenvalue weighted by molar-refractivity contribution is 7.13. The second kappa shape index (κ2) is 7.26. The molecule has 0 saturated carbocycles. The predicted octanol–water partition coefficient (Wildman–Crippen LogP) is 0.999. The number of carboxylic acids is 1. The summed E-state index contributed by atoms with van der Waals surface area (Å²) in [6.07, 6.45) is -0.0953. The third-order valence-electron chi connectivity index (χ3n) is 3.42. The van der Waals surface area contributed by atoms with Crippen molar-refractivity contribution in [3.63, 3.8) is 0 Å². The van der Waals surface area contributed by atoms with Gasteiger partial charge in [-0.25, -0.2) is 4.79 Å². The Balaban J connectivity index is 1.79. The zero-order valence-corrected chi connectivity index (χ0v) is 13.2. The van der Waals surface area contributed by atoms with E-state index in [9.17, 15) is 14.4 Å². The van der Waals surface area contributed by atoms with Gasteiger partial charge in [0.1, 0.15) is 0 Å². The molecule has 2 heterocycles. The van der Waals surface area contributed by atoms with Gasteiger partial charge in [-0.1, -0.05) is 0 Å². The molecule has 0 radical (unpaired) electrons. The maximum atomic E-state index is 12.3. The Kier molecular flexibility index (Phi) is 5.37. The van der Waals surface area contributed by atoms with Crippen LogP contribution in [0.5, 0.6) is 0 Å². The molecule has 1 aliphatic rings. The minimum absolute atomic E-state index is 0.00374. The molecular weight excluding hydrogens is 306 g/mol. The maximum Gasteiger partial charge on any atom is 0.317 e. The average Bonchev–Trinajstić information content (AvgIpc) is 2.93. The number of hydrogen-bond acceptors (Lipinski definition) is 4. The fraction of sp³-hybridized carbons (Fsp3) is 0.500. The Morgan fingerprint density at radius 1 is 1.18 bits per heavy atom. The minimum atomic E-state index is -0.943. The number of carbonyl (C=O) groups is 3. The molecule has 1 saturated heterocycles. The molecule has 3 amide bonds. The summed E-state index contributed by atoms with van der Waals surface area (Å²) in [5, 5.41) is 11.1. The van der Waals surface area contributed by atoms with Crippen LogP contribution in [0.3, 0.4) is 0 Å². The number of nitrogens with zero attached hydrogens (tertiary/aromatic N) is 2. The molecule has 1 aromatic rings. The van der Waals surface area contributed by atoms with E-state index < -0.39 is 5.97 Å². The second-order valence-corrected chi connectivity index (χ2v) is 6.35. The number of thiophene rings is 1. The summed E-state index contributed by atoms with van der Waals surface area (Å²) in [6.45, 7) is 3.96. The van der Waals surface area contributed by atoms with Gasteiger partial charge in [0.05, 0.1) is 11.3 Å². The highest BCUT2D eigenvalue weighted by Crippen LogP contribution is 2.18. The smallest absolute Gasteiger partial charge is 0.317 e. The lowest BCUT2D eigenvalue weighted by Crippen LogP contribution is -2.53. The molecule has 2 N–H and O–H groups in total. The van der Waals surface area contributed by atoms with Gasteiger partial charge in [-0.15, -0.1) is 11.3 Å². The van der Waals surface area contributed by atoms with Crippen molar-refractivity contribution in [2.24, 2.45) is 0 Å². The van der Waals surface area contributed by atoms with Crippen LogP contribution in [-0.2, 0) is 4.79 Å². The largest absolute Gasteiger partial charge is 0.481 e. The number of nitrogens with one attached hydrogen (secondary N) is 1. The van der Waals surface area contributed by atoms with E-state index in [0.717, 1.165) is 9.75 Å². The van der Waals surface area contributed by atoms with Gasteiger partial charge in [-0.05, 0) is 19.1 Å². The number of carboxylic acid groups (broad SMARTS) is 1. The lowest BCUT2D eigenvalue weighted by atomic mass is 10.3. The summed E-state index contributed by atoms with van der Waals surface area (Å²) in [5.41, 5.74) is 0.